The molecule has 0 aliphatic rings. The van der Waals surface area contributed by atoms with Gasteiger partial charge in [-0.1, -0.05) is 40.5 Å². The Morgan fingerprint density at radius 3 is 2.83 bits per heavy atom. The number of thiophene rings is 1. The summed E-state index contributed by atoms with van der Waals surface area (Å²) in [5, 5.41) is 4.86. The molecule has 0 spiro atoms. The number of unbranched alkanes of at least 4 members (excludes halogenated alkanes) is 2. The van der Waals surface area contributed by atoms with Crippen molar-refractivity contribution in [1.29, 1.82) is 0 Å². The molecule has 1 aromatic heterocycles. The van der Waals surface area contributed by atoms with E-state index in [9.17, 15) is 0 Å². The van der Waals surface area contributed by atoms with Gasteiger partial charge in [0.05, 0.1) is 0 Å². The van der Waals surface area contributed by atoms with Gasteiger partial charge >= 0.3 is 0 Å². The van der Waals surface area contributed by atoms with E-state index < -0.39 is 0 Å². The third-order valence-electron chi connectivity index (χ3n) is 3.17. The second-order valence-electron chi connectivity index (χ2n) is 4.74. The molecule has 2 rings (SSSR count). The normalized spacial score (nSPS) is 11.5. The molecule has 0 amide bonds. The maximum atomic E-state index is 3.48. The molecule has 0 aliphatic heterocycles. The summed E-state index contributed by atoms with van der Waals surface area (Å²) in [6.45, 7) is 2.26. The van der Waals surface area contributed by atoms with Gasteiger partial charge in [-0.2, -0.15) is 0 Å². The van der Waals surface area contributed by atoms with E-state index in [0.717, 1.165) is 11.9 Å². The van der Waals surface area contributed by atoms with E-state index in [-0.39, 0.29) is 0 Å². The summed E-state index contributed by atoms with van der Waals surface area (Å²) in [4.78, 5) is 2.43. The molecule has 1 nitrogen and oxygen atoms in total. The highest BCUT2D eigenvalue weighted by Crippen LogP contribution is 2.26. The maximum Gasteiger partial charge on any atom is 0.0346 e. The fourth-order valence-electron chi connectivity index (χ4n) is 2.18. The molecular weight excluding hydrogens is 306 g/mol. The van der Waals surface area contributed by atoms with Crippen LogP contribution in [0.15, 0.2) is 29.6 Å². The fraction of sp³-hybridized carbons (Fsp3) is 0.467. The fourth-order valence-corrected chi connectivity index (χ4v) is 3.53. The van der Waals surface area contributed by atoms with E-state index >= 15 is 0 Å². The van der Waals surface area contributed by atoms with Gasteiger partial charge < -0.3 is 4.90 Å². The third kappa shape index (κ3) is 3.81. The van der Waals surface area contributed by atoms with Gasteiger partial charge in [-0.25, -0.2) is 0 Å². The summed E-state index contributed by atoms with van der Waals surface area (Å²) in [6.07, 6.45) is 3.90. The Morgan fingerprint density at radius 1 is 1.17 bits per heavy atom. The molecule has 0 unspecified atom stereocenters. The SMILES string of the molecule is CN(CCCCCBr)Cc1csc2ccccc12. The zero-order valence-electron chi connectivity index (χ0n) is 10.9. The number of nitrogens with zero attached hydrogens (tertiary/aromatic N) is 1. The van der Waals surface area contributed by atoms with Crippen LogP contribution in [0.25, 0.3) is 10.1 Å². The zero-order chi connectivity index (χ0) is 12.8. The van der Waals surface area contributed by atoms with E-state index in [1.54, 1.807) is 0 Å². The summed E-state index contributed by atoms with van der Waals surface area (Å²) >= 11 is 5.34. The Kier molecular flexibility index (Phi) is 5.67. The van der Waals surface area contributed by atoms with Crippen molar-refractivity contribution in [2.24, 2.45) is 0 Å². The van der Waals surface area contributed by atoms with Crippen LogP contribution in [0.4, 0.5) is 0 Å². The molecule has 3 heteroatoms. The molecule has 2 aromatic rings. The van der Waals surface area contributed by atoms with Crippen LogP contribution < -0.4 is 0 Å². The van der Waals surface area contributed by atoms with Gasteiger partial charge in [-0.15, -0.1) is 11.3 Å². The summed E-state index contributed by atoms with van der Waals surface area (Å²) in [6, 6.07) is 8.69. The van der Waals surface area contributed by atoms with Crippen molar-refractivity contribution in [1.82, 2.24) is 4.90 Å². The molecule has 0 fully saturated rings. The zero-order valence-corrected chi connectivity index (χ0v) is 13.3. The van der Waals surface area contributed by atoms with Crippen LogP contribution in [0, 0.1) is 0 Å². The van der Waals surface area contributed by atoms with Crippen molar-refractivity contribution in [2.75, 3.05) is 18.9 Å². The van der Waals surface area contributed by atoms with Crippen molar-refractivity contribution in [2.45, 2.75) is 25.8 Å². The first-order valence-corrected chi connectivity index (χ1v) is 8.51. The van der Waals surface area contributed by atoms with Gasteiger partial charge in [0.15, 0.2) is 0 Å². The summed E-state index contributed by atoms with van der Waals surface area (Å²) in [5.74, 6) is 0. The Balaban J connectivity index is 1.88. The van der Waals surface area contributed by atoms with E-state index in [1.807, 2.05) is 11.3 Å². The monoisotopic (exact) mass is 325 g/mol. The summed E-state index contributed by atoms with van der Waals surface area (Å²) in [7, 11) is 2.22. The van der Waals surface area contributed by atoms with Gasteiger partial charge in [-0.3, -0.25) is 0 Å². The third-order valence-corrected chi connectivity index (χ3v) is 4.75. The molecule has 1 heterocycles. The second-order valence-corrected chi connectivity index (χ2v) is 6.45. The quantitative estimate of drug-likeness (QED) is 0.517. The number of hydrogen-bond donors (Lipinski definition) is 0. The number of rotatable bonds is 7. The van der Waals surface area contributed by atoms with Crippen molar-refractivity contribution in [3.05, 3.63) is 35.2 Å². The first-order chi connectivity index (χ1) is 8.81. The van der Waals surface area contributed by atoms with Crippen molar-refractivity contribution < 1.29 is 0 Å². The lowest BCUT2D eigenvalue weighted by atomic mass is 10.1. The van der Waals surface area contributed by atoms with Crippen LogP contribution in [0.2, 0.25) is 0 Å². The van der Waals surface area contributed by atoms with Crippen LogP contribution in [0.3, 0.4) is 0 Å². The molecule has 0 saturated carbocycles. The van der Waals surface area contributed by atoms with E-state index in [2.05, 4.69) is 57.5 Å². The minimum Gasteiger partial charge on any atom is -0.302 e. The predicted octanol–water partition coefficient (Wildman–Crippen LogP) is 4.90. The molecule has 0 saturated heterocycles. The minimum absolute atomic E-state index is 1.07. The van der Waals surface area contributed by atoms with Crippen LogP contribution in [-0.2, 0) is 6.54 Å². The topological polar surface area (TPSA) is 3.24 Å². The minimum atomic E-state index is 1.07. The van der Waals surface area contributed by atoms with E-state index in [1.165, 1.54) is 41.5 Å². The van der Waals surface area contributed by atoms with Crippen LogP contribution in [0.5, 0.6) is 0 Å². The lowest BCUT2D eigenvalue weighted by molar-refractivity contribution is 0.320. The average molecular weight is 326 g/mol. The highest BCUT2D eigenvalue weighted by molar-refractivity contribution is 9.09. The predicted molar refractivity (Wildman–Crippen MR) is 85.8 cm³/mol. The van der Waals surface area contributed by atoms with E-state index in [0.29, 0.717) is 0 Å². The summed E-state index contributed by atoms with van der Waals surface area (Å²) < 4.78 is 1.40. The average Bonchev–Trinajstić information content (AvgIpc) is 2.78. The molecule has 0 bridgehead atoms. The number of hydrogen-bond acceptors (Lipinski definition) is 2. The smallest absolute Gasteiger partial charge is 0.0346 e. The first-order valence-electron chi connectivity index (χ1n) is 6.51. The van der Waals surface area contributed by atoms with Gasteiger partial charge in [0.2, 0.25) is 0 Å². The highest BCUT2D eigenvalue weighted by Gasteiger charge is 2.06. The van der Waals surface area contributed by atoms with Crippen LogP contribution in [-0.4, -0.2) is 23.8 Å². The maximum absolute atomic E-state index is 3.48. The molecule has 0 aliphatic carbocycles. The number of alkyl halides is 1. The van der Waals surface area contributed by atoms with Crippen molar-refractivity contribution in [3.63, 3.8) is 0 Å². The molecular formula is C15H20BrNS. The van der Waals surface area contributed by atoms with Gasteiger partial charge in [0.25, 0.3) is 0 Å². The van der Waals surface area contributed by atoms with E-state index in [4.69, 9.17) is 0 Å². The Labute approximate surface area is 122 Å². The molecule has 98 valence electrons. The molecule has 1 aromatic carbocycles. The lowest BCUT2D eigenvalue weighted by Crippen LogP contribution is -2.18. The Morgan fingerprint density at radius 2 is 2.00 bits per heavy atom. The number of benzene rings is 1. The highest BCUT2D eigenvalue weighted by atomic mass is 79.9. The number of fused-ring (bicyclic) bond motifs is 1. The van der Waals surface area contributed by atoms with Gasteiger partial charge in [0.1, 0.15) is 0 Å². The van der Waals surface area contributed by atoms with Crippen molar-refractivity contribution in [3.8, 4) is 0 Å². The number of halogens is 1. The Bertz CT molecular complexity index is 480. The van der Waals surface area contributed by atoms with Crippen LogP contribution >= 0.6 is 27.3 Å². The molecule has 0 atom stereocenters. The Hall–Kier alpha value is -0.380. The van der Waals surface area contributed by atoms with Gasteiger partial charge in [-0.05, 0) is 48.8 Å². The molecule has 0 radical (unpaired) electrons. The summed E-state index contributed by atoms with van der Waals surface area (Å²) in [5.41, 5.74) is 1.47. The second kappa shape index (κ2) is 7.27. The largest absolute Gasteiger partial charge is 0.302 e. The lowest BCUT2D eigenvalue weighted by Gasteiger charge is -2.15. The standard InChI is InChI=1S/C15H20BrNS/c1-17(10-6-2-5-9-16)11-13-12-18-15-8-4-3-7-14(13)15/h3-4,7-8,12H,2,5-6,9-11H2,1H3. The van der Waals surface area contributed by atoms with Crippen LogP contribution in [0.1, 0.15) is 24.8 Å². The van der Waals surface area contributed by atoms with Gasteiger partial charge in [0, 0.05) is 16.6 Å². The first kappa shape index (κ1) is 14.0. The molecule has 0 N–H and O–H groups in total. The molecule has 18 heavy (non-hydrogen) atoms. The van der Waals surface area contributed by atoms with Crippen molar-refractivity contribution >= 4 is 37.4 Å².